The summed E-state index contributed by atoms with van der Waals surface area (Å²) in [4.78, 5) is 12.9. The monoisotopic (exact) mass is 341 g/mol. The summed E-state index contributed by atoms with van der Waals surface area (Å²) in [7, 11) is 3.24. The third-order valence-corrected chi connectivity index (χ3v) is 5.35. The van der Waals surface area contributed by atoms with E-state index in [1.54, 1.807) is 14.2 Å². The van der Waals surface area contributed by atoms with E-state index in [-0.39, 0.29) is 11.9 Å². The predicted octanol–water partition coefficient (Wildman–Crippen LogP) is 3.49. The number of ether oxygens (including phenoxy) is 2. The van der Waals surface area contributed by atoms with E-state index in [2.05, 4.69) is 5.32 Å². The highest BCUT2D eigenvalue weighted by molar-refractivity contribution is 5.90. The fourth-order valence-electron chi connectivity index (χ4n) is 3.68. The van der Waals surface area contributed by atoms with Crippen molar-refractivity contribution in [1.29, 1.82) is 0 Å². The van der Waals surface area contributed by atoms with Gasteiger partial charge in [0.25, 0.3) is 5.91 Å². The highest BCUT2D eigenvalue weighted by Gasteiger charge is 2.40. The van der Waals surface area contributed by atoms with Gasteiger partial charge in [0.1, 0.15) is 5.60 Å². The van der Waals surface area contributed by atoms with Crippen LogP contribution in [0.2, 0.25) is 0 Å². The first-order chi connectivity index (χ1) is 12.1. The van der Waals surface area contributed by atoms with E-state index in [1.807, 2.05) is 54.6 Å². The maximum absolute atomic E-state index is 12.9. The summed E-state index contributed by atoms with van der Waals surface area (Å²) in [6.07, 6.45) is 13.1. The van der Waals surface area contributed by atoms with Crippen LogP contribution in [0.3, 0.4) is 0 Å². The molecule has 134 valence electrons. The van der Waals surface area contributed by atoms with Crippen LogP contribution in [0.5, 0.6) is 0 Å². The second-order valence-corrected chi connectivity index (χ2v) is 6.84. The molecule has 1 fully saturated rings. The van der Waals surface area contributed by atoms with Gasteiger partial charge in [-0.1, -0.05) is 49.6 Å². The molecule has 0 aromatic heterocycles. The quantitative estimate of drug-likeness (QED) is 0.834. The number of benzene rings is 1. The smallest absolute Gasteiger partial charge is 0.260 e. The van der Waals surface area contributed by atoms with Crippen molar-refractivity contribution in [3.8, 4) is 0 Å². The van der Waals surface area contributed by atoms with Gasteiger partial charge in [-0.25, -0.2) is 0 Å². The Labute approximate surface area is 149 Å². The predicted molar refractivity (Wildman–Crippen MR) is 98.2 cm³/mol. The van der Waals surface area contributed by atoms with E-state index in [9.17, 15) is 4.79 Å². The molecule has 1 N–H and O–H groups in total. The molecule has 0 spiro atoms. The first-order valence-electron chi connectivity index (χ1n) is 9.02. The van der Waals surface area contributed by atoms with Crippen LogP contribution in [0.4, 0.5) is 0 Å². The van der Waals surface area contributed by atoms with Crippen LogP contribution in [0.25, 0.3) is 0 Å². The average Bonchev–Trinajstić information content (AvgIpc) is 2.69. The minimum atomic E-state index is -1.08. The van der Waals surface area contributed by atoms with Crippen molar-refractivity contribution in [3.05, 3.63) is 60.2 Å². The lowest BCUT2D eigenvalue weighted by atomic mass is 9.83. The van der Waals surface area contributed by atoms with Gasteiger partial charge in [0.2, 0.25) is 0 Å². The van der Waals surface area contributed by atoms with Crippen LogP contribution in [0.15, 0.2) is 54.6 Å². The zero-order chi connectivity index (χ0) is 17.8. The fraction of sp³-hybridized carbons (Fsp3) is 0.476. The van der Waals surface area contributed by atoms with E-state index in [1.165, 1.54) is 19.3 Å². The molecule has 1 saturated carbocycles. The molecule has 1 amide bonds. The Balaban J connectivity index is 1.80. The Kier molecular flexibility index (Phi) is 5.40. The van der Waals surface area contributed by atoms with Gasteiger partial charge in [0, 0.05) is 20.3 Å². The molecule has 25 heavy (non-hydrogen) atoms. The van der Waals surface area contributed by atoms with Crippen molar-refractivity contribution in [2.24, 2.45) is 0 Å². The topological polar surface area (TPSA) is 47.6 Å². The van der Waals surface area contributed by atoms with E-state index in [0.29, 0.717) is 0 Å². The molecule has 0 bridgehead atoms. The lowest BCUT2D eigenvalue weighted by Gasteiger charge is -2.36. The lowest BCUT2D eigenvalue weighted by molar-refractivity contribution is -0.135. The number of nitrogens with one attached hydrogen (secondary N) is 1. The van der Waals surface area contributed by atoms with Crippen LogP contribution in [-0.2, 0) is 19.9 Å². The first-order valence-corrected chi connectivity index (χ1v) is 9.02. The molecule has 0 heterocycles. The third-order valence-electron chi connectivity index (χ3n) is 5.35. The Hall–Kier alpha value is -1.91. The number of amides is 1. The van der Waals surface area contributed by atoms with Gasteiger partial charge in [-0.15, -0.1) is 0 Å². The molecule has 0 saturated heterocycles. The summed E-state index contributed by atoms with van der Waals surface area (Å²) in [5.74, 6) is -0.104. The van der Waals surface area contributed by atoms with Crippen LogP contribution in [0.1, 0.15) is 37.7 Å². The molecule has 0 atom stereocenters. The zero-order valence-corrected chi connectivity index (χ0v) is 15.0. The summed E-state index contributed by atoms with van der Waals surface area (Å²) in [5.41, 5.74) is -0.731. The van der Waals surface area contributed by atoms with E-state index >= 15 is 0 Å². The minimum Gasteiger partial charge on any atom is -0.365 e. The van der Waals surface area contributed by atoms with E-state index in [4.69, 9.17) is 9.47 Å². The van der Waals surface area contributed by atoms with Crippen LogP contribution in [0, 0.1) is 0 Å². The molecule has 0 radical (unpaired) electrons. The molecular formula is C21H27NO3. The third kappa shape index (κ3) is 3.55. The highest BCUT2D eigenvalue weighted by atomic mass is 16.5. The second kappa shape index (κ2) is 7.54. The maximum Gasteiger partial charge on any atom is 0.260 e. The average molecular weight is 341 g/mol. The zero-order valence-electron chi connectivity index (χ0n) is 15.0. The summed E-state index contributed by atoms with van der Waals surface area (Å²) in [6, 6.07) is 10.2. The van der Waals surface area contributed by atoms with Crippen molar-refractivity contribution in [2.45, 2.75) is 49.3 Å². The largest absolute Gasteiger partial charge is 0.365 e. The molecule has 0 aliphatic heterocycles. The van der Waals surface area contributed by atoms with Gasteiger partial charge in [0.15, 0.2) is 5.60 Å². The molecule has 0 unspecified atom stereocenters. The molecule has 2 aliphatic carbocycles. The van der Waals surface area contributed by atoms with Crippen LogP contribution >= 0.6 is 0 Å². The summed E-state index contributed by atoms with van der Waals surface area (Å²) >= 11 is 0. The highest BCUT2D eigenvalue weighted by Crippen LogP contribution is 2.35. The Morgan fingerprint density at radius 2 is 1.60 bits per heavy atom. The number of rotatable bonds is 5. The minimum absolute atomic E-state index is 0.104. The Bertz CT molecular complexity index is 630. The maximum atomic E-state index is 12.9. The lowest BCUT2D eigenvalue weighted by Crippen LogP contribution is -2.51. The first kappa shape index (κ1) is 17.9. The number of hydrogen-bond donors (Lipinski definition) is 1. The second-order valence-electron chi connectivity index (χ2n) is 6.84. The van der Waals surface area contributed by atoms with Crippen LogP contribution in [-0.4, -0.2) is 31.8 Å². The SMILES string of the molecule is COC1(C(=O)NC2CCCCC2)C=CC(OC)(c2ccccc2)C=C1. The van der Waals surface area contributed by atoms with Gasteiger partial charge in [-0.2, -0.15) is 0 Å². The summed E-state index contributed by atoms with van der Waals surface area (Å²) in [6.45, 7) is 0. The number of carbonyl (C=O) groups is 1. The normalized spacial score (nSPS) is 29.5. The number of methoxy groups -OCH3 is 2. The molecule has 1 aromatic rings. The molecule has 3 rings (SSSR count). The van der Waals surface area contributed by atoms with Crippen LogP contribution < -0.4 is 5.32 Å². The van der Waals surface area contributed by atoms with Gasteiger partial charge < -0.3 is 14.8 Å². The van der Waals surface area contributed by atoms with Crippen molar-refractivity contribution >= 4 is 5.91 Å². The Morgan fingerprint density at radius 3 is 2.16 bits per heavy atom. The van der Waals surface area contributed by atoms with Crippen molar-refractivity contribution in [3.63, 3.8) is 0 Å². The molecular weight excluding hydrogens is 314 g/mol. The summed E-state index contributed by atoms with van der Waals surface area (Å²) < 4.78 is 11.4. The standard InChI is InChI=1S/C21H27NO3/c1-24-20(17-9-5-3-6-10-17)13-15-21(25-2,16-14-20)19(23)22-18-11-7-4-8-12-18/h3,5-6,9-10,13-16,18H,4,7-8,11-12H2,1-2H3,(H,22,23). The van der Waals surface area contributed by atoms with Crippen molar-refractivity contribution in [2.75, 3.05) is 14.2 Å². The fourth-order valence-corrected chi connectivity index (χ4v) is 3.68. The molecule has 4 heteroatoms. The van der Waals surface area contributed by atoms with E-state index in [0.717, 1.165) is 18.4 Å². The van der Waals surface area contributed by atoms with Crippen molar-refractivity contribution < 1.29 is 14.3 Å². The Morgan fingerprint density at radius 1 is 0.960 bits per heavy atom. The van der Waals surface area contributed by atoms with Crippen molar-refractivity contribution in [1.82, 2.24) is 5.32 Å². The van der Waals surface area contributed by atoms with Gasteiger partial charge in [-0.3, -0.25) is 4.79 Å². The van der Waals surface area contributed by atoms with E-state index < -0.39 is 11.2 Å². The molecule has 2 aliphatic rings. The molecule has 1 aromatic carbocycles. The van der Waals surface area contributed by atoms with Gasteiger partial charge in [0.05, 0.1) is 0 Å². The molecule has 4 nitrogen and oxygen atoms in total. The number of carbonyl (C=O) groups excluding carboxylic acids is 1. The van der Waals surface area contributed by atoms with Gasteiger partial charge in [-0.05, 0) is 42.7 Å². The summed E-state index contributed by atoms with van der Waals surface area (Å²) in [5, 5.41) is 3.16. The van der Waals surface area contributed by atoms with Gasteiger partial charge >= 0.3 is 0 Å². The number of hydrogen-bond acceptors (Lipinski definition) is 3.